The summed E-state index contributed by atoms with van der Waals surface area (Å²) in [4.78, 5) is 8.64. The van der Waals surface area contributed by atoms with Crippen molar-refractivity contribution in [1.29, 1.82) is 0 Å². The predicted octanol–water partition coefficient (Wildman–Crippen LogP) is 1.82. The number of hydrogen-bond donors (Lipinski definition) is 1. The first kappa shape index (κ1) is 11.8. The third-order valence-corrected chi connectivity index (χ3v) is 2.92. The van der Waals surface area contributed by atoms with Gasteiger partial charge in [0.05, 0.1) is 6.04 Å². The molecule has 0 radical (unpaired) electrons. The van der Waals surface area contributed by atoms with Crippen LogP contribution in [-0.4, -0.2) is 21.1 Å². The van der Waals surface area contributed by atoms with Crippen molar-refractivity contribution in [2.24, 2.45) is 7.05 Å². The molecule has 2 aromatic heterocycles. The Morgan fingerprint density at radius 1 is 1.41 bits per heavy atom. The highest BCUT2D eigenvalue weighted by molar-refractivity contribution is 5.30. The van der Waals surface area contributed by atoms with Gasteiger partial charge in [-0.15, -0.1) is 0 Å². The maximum Gasteiger partial charge on any atom is 0.130 e. The summed E-state index contributed by atoms with van der Waals surface area (Å²) in [6.45, 7) is 5.10. The standard InChI is InChI=1S/C13H18N4/c1-4-15-12(13-16-7-8-17(13)3)11-9-14-6-5-10(11)2/h5-9,12,15H,4H2,1-3H3. The van der Waals surface area contributed by atoms with Crippen LogP contribution in [0.15, 0.2) is 30.9 Å². The molecule has 0 bridgehead atoms. The maximum atomic E-state index is 4.42. The Balaban J connectivity index is 2.43. The summed E-state index contributed by atoms with van der Waals surface area (Å²) in [5.74, 6) is 1.02. The van der Waals surface area contributed by atoms with E-state index < -0.39 is 0 Å². The van der Waals surface area contributed by atoms with Crippen LogP contribution in [0.2, 0.25) is 0 Å². The van der Waals surface area contributed by atoms with Gasteiger partial charge in [0.15, 0.2) is 0 Å². The van der Waals surface area contributed by atoms with Crippen LogP contribution >= 0.6 is 0 Å². The summed E-state index contributed by atoms with van der Waals surface area (Å²) in [5, 5.41) is 3.46. The van der Waals surface area contributed by atoms with Crippen molar-refractivity contribution in [3.05, 3.63) is 47.8 Å². The van der Waals surface area contributed by atoms with E-state index >= 15 is 0 Å². The number of pyridine rings is 1. The Morgan fingerprint density at radius 2 is 2.24 bits per heavy atom. The van der Waals surface area contributed by atoms with E-state index in [9.17, 15) is 0 Å². The Kier molecular flexibility index (Phi) is 3.54. The zero-order chi connectivity index (χ0) is 12.3. The Hall–Kier alpha value is -1.68. The number of imidazole rings is 1. The molecule has 0 spiro atoms. The number of nitrogens with one attached hydrogen (secondary N) is 1. The van der Waals surface area contributed by atoms with Crippen molar-refractivity contribution in [1.82, 2.24) is 19.9 Å². The lowest BCUT2D eigenvalue weighted by Crippen LogP contribution is -2.25. The summed E-state index contributed by atoms with van der Waals surface area (Å²) in [6.07, 6.45) is 7.52. The Bertz CT molecular complexity index is 490. The molecule has 0 aliphatic heterocycles. The summed E-state index contributed by atoms with van der Waals surface area (Å²) in [6, 6.07) is 2.14. The van der Waals surface area contributed by atoms with Gasteiger partial charge in [-0.2, -0.15) is 0 Å². The van der Waals surface area contributed by atoms with Crippen molar-refractivity contribution in [2.45, 2.75) is 19.9 Å². The van der Waals surface area contributed by atoms with Gasteiger partial charge < -0.3 is 9.88 Å². The molecule has 0 amide bonds. The molecule has 2 heterocycles. The molecule has 0 aliphatic carbocycles. The monoisotopic (exact) mass is 230 g/mol. The zero-order valence-corrected chi connectivity index (χ0v) is 10.5. The normalized spacial score (nSPS) is 12.6. The fraction of sp³-hybridized carbons (Fsp3) is 0.385. The van der Waals surface area contributed by atoms with Gasteiger partial charge in [-0.1, -0.05) is 6.92 Å². The van der Waals surface area contributed by atoms with Gasteiger partial charge in [0.25, 0.3) is 0 Å². The van der Waals surface area contributed by atoms with Crippen LogP contribution in [-0.2, 0) is 7.05 Å². The Labute approximate surface area is 102 Å². The molecule has 4 heteroatoms. The first-order chi connectivity index (χ1) is 8.24. The minimum atomic E-state index is 0.105. The first-order valence-electron chi connectivity index (χ1n) is 5.85. The quantitative estimate of drug-likeness (QED) is 0.871. The zero-order valence-electron chi connectivity index (χ0n) is 10.5. The largest absolute Gasteiger partial charge is 0.336 e. The van der Waals surface area contributed by atoms with Crippen LogP contribution in [0.5, 0.6) is 0 Å². The predicted molar refractivity (Wildman–Crippen MR) is 67.7 cm³/mol. The molecule has 0 aliphatic rings. The number of hydrogen-bond acceptors (Lipinski definition) is 3. The van der Waals surface area contributed by atoms with Crippen LogP contribution in [0, 0.1) is 6.92 Å². The van der Waals surface area contributed by atoms with Gasteiger partial charge in [-0.3, -0.25) is 4.98 Å². The maximum absolute atomic E-state index is 4.42. The van der Waals surface area contributed by atoms with E-state index in [1.165, 1.54) is 11.1 Å². The lowest BCUT2D eigenvalue weighted by Gasteiger charge is -2.19. The second kappa shape index (κ2) is 5.10. The lowest BCUT2D eigenvalue weighted by molar-refractivity contribution is 0.573. The topological polar surface area (TPSA) is 42.7 Å². The van der Waals surface area contributed by atoms with Crippen LogP contribution in [0.25, 0.3) is 0 Å². The fourth-order valence-corrected chi connectivity index (χ4v) is 1.98. The minimum Gasteiger partial charge on any atom is -0.336 e. The number of aryl methyl sites for hydroxylation is 2. The minimum absolute atomic E-state index is 0.105. The summed E-state index contributed by atoms with van der Waals surface area (Å²) in [5.41, 5.74) is 2.41. The highest BCUT2D eigenvalue weighted by Crippen LogP contribution is 2.22. The average molecular weight is 230 g/mol. The molecule has 1 N–H and O–H groups in total. The smallest absolute Gasteiger partial charge is 0.130 e. The highest BCUT2D eigenvalue weighted by atomic mass is 15.1. The van der Waals surface area contributed by atoms with Crippen molar-refractivity contribution in [3.63, 3.8) is 0 Å². The molecular formula is C13H18N4. The second-order valence-electron chi connectivity index (χ2n) is 4.12. The third kappa shape index (κ3) is 2.36. The summed E-state index contributed by atoms with van der Waals surface area (Å²) < 4.78 is 2.04. The van der Waals surface area contributed by atoms with Gasteiger partial charge in [-0.25, -0.2) is 4.98 Å². The lowest BCUT2D eigenvalue weighted by atomic mass is 10.0. The molecule has 0 aromatic carbocycles. The molecule has 1 atom stereocenters. The summed E-state index contributed by atoms with van der Waals surface area (Å²) in [7, 11) is 2.01. The van der Waals surface area contributed by atoms with Crippen molar-refractivity contribution in [3.8, 4) is 0 Å². The summed E-state index contributed by atoms with van der Waals surface area (Å²) >= 11 is 0. The average Bonchev–Trinajstić information content (AvgIpc) is 2.74. The third-order valence-electron chi connectivity index (χ3n) is 2.92. The number of rotatable bonds is 4. The molecule has 0 saturated carbocycles. The van der Waals surface area contributed by atoms with Gasteiger partial charge in [0, 0.05) is 31.8 Å². The van der Waals surface area contributed by atoms with E-state index in [1.807, 2.05) is 42.5 Å². The number of aromatic nitrogens is 3. The molecule has 4 nitrogen and oxygen atoms in total. The SMILES string of the molecule is CCNC(c1cnccc1C)c1nccn1C. The van der Waals surface area contributed by atoms with E-state index in [1.54, 1.807) is 0 Å². The highest BCUT2D eigenvalue weighted by Gasteiger charge is 2.18. The first-order valence-corrected chi connectivity index (χ1v) is 5.85. The van der Waals surface area contributed by atoms with Gasteiger partial charge in [0.2, 0.25) is 0 Å². The Morgan fingerprint density at radius 3 is 2.82 bits per heavy atom. The van der Waals surface area contributed by atoms with Crippen molar-refractivity contribution in [2.75, 3.05) is 6.54 Å². The van der Waals surface area contributed by atoms with Crippen molar-refractivity contribution >= 4 is 0 Å². The molecule has 90 valence electrons. The van der Waals surface area contributed by atoms with E-state index in [-0.39, 0.29) is 6.04 Å². The van der Waals surface area contributed by atoms with E-state index in [2.05, 4.69) is 29.1 Å². The van der Waals surface area contributed by atoms with Crippen LogP contribution in [0.3, 0.4) is 0 Å². The van der Waals surface area contributed by atoms with Crippen LogP contribution in [0.1, 0.15) is 29.9 Å². The molecule has 1 unspecified atom stereocenters. The van der Waals surface area contributed by atoms with Crippen molar-refractivity contribution < 1.29 is 0 Å². The van der Waals surface area contributed by atoms with Gasteiger partial charge in [0.1, 0.15) is 5.82 Å². The second-order valence-corrected chi connectivity index (χ2v) is 4.12. The molecular weight excluding hydrogens is 212 g/mol. The molecule has 0 fully saturated rings. The molecule has 2 rings (SSSR count). The molecule has 17 heavy (non-hydrogen) atoms. The molecule has 2 aromatic rings. The fourth-order valence-electron chi connectivity index (χ4n) is 1.98. The van der Waals surface area contributed by atoms with E-state index in [4.69, 9.17) is 0 Å². The van der Waals surface area contributed by atoms with Gasteiger partial charge >= 0.3 is 0 Å². The number of nitrogens with zero attached hydrogens (tertiary/aromatic N) is 3. The van der Waals surface area contributed by atoms with Crippen LogP contribution in [0.4, 0.5) is 0 Å². The van der Waals surface area contributed by atoms with E-state index in [0.29, 0.717) is 0 Å². The molecule has 0 saturated heterocycles. The van der Waals surface area contributed by atoms with E-state index in [0.717, 1.165) is 12.4 Å². The van der Waals surface area contributed by atoms with Crippen LogP contribution < -0.4 is 5.32 Å². The van der Waals surface area contributed by atoms with Gasteiger partial charge in [-0.05, 0) is 30.7 Å².